The Bertz CT molecular complexity index is 1000. The van der Waals surface area contributed by atoms with Gasteiger partial charge in [-0.15, -0.1) is 0 Å². The van der Waals surface area contributed by atoms with Crippen molar-refractivity contribution in [3.63, 3.8) is 0 Å². The van der Waals surface area contributed by atoms with Crippen LogP contribution in [-0.4, -0.2) is 29.4 Å². The molecule has 2 heterocycles. The summed E-state index contributed by atoms with van der Waals surface area (Å²) in [5.41, 5.74) is 1.81. The minimum Gasteiger partial charge on any atom is -0.293 e. The SMILES string of the molecule is CC(=O)C1=NN(c2ccccc2)C2C(=O)N(c3cccc(Cl)c3C)C(=O)C12. The molecule has 2 unspecified atom stereocenters. The number of rotatable bonds is 3. The van der Waals surface area contributed by atoms with E-state index in [1.54, 1.807) is 37.3 Å². The van der Waals surface area contributed by atoms with Gasteiger partial charge >= 0.3 is 0 Å². The molecule has 2 amide bonds. The maximum atomic E-state index is 13.2. The molecule has 1 fully saturated rings. The van der Waals surface area contributed by atoms with Crippen molar-refractivity contribution >= 4 is 46.3 Å². The second kappa shape index (κ2) is 6.32. The van der Waals surface area contributed by atoms with E-state index < -0.39 is 23.8 Å². The summed E-state index contributed by atoms with van der Waals surface area (Å²) >= 11 is 6.17. The second-order valence-corrected chi connectivity index (χ2v) is 6.95. The molecule has 27 heavy (non-hydrogen) atoms. The summed E-state index contributed by atoms with van der Waals surface area (Å²) in [4.78, 5) is 39.7. The highest BCUT2D eigenvalue weighted by Gasteiger charge is 2.58. The van der Waals surface area contributed by atoms with Gasteiger partial charge in [-0.2, -0.15) is 5.10 Å². The number of amides is 2. The van der Waals surface area contributed by atoms with Crippen molar-refractivity contribution in [2.45, 2.75) is 19.9 Å². The number of hydrazone groups is 1. The summed E-state index contributed by atoms with van der Waals surface area (Å²) in [6.07, 6.45) is 0. The lowest BCUT2D eigenvalue weighted by Gasteiger charge is -2.23. The van der Waals surface area contributed by atoms with Crippen molar-refractivity contribution < 1.29 is 14.4 Å². The summed E-state index contributed by atoms with van der Waals surface area (Å²) in [6.45, 7) is 3.11. The summed E-state index contributed by atoms with van der Waals surface area (Å²) in [6, 6.07) is 13.2. The number of nitrogens with zero attached hydrogens (tertiary/aromatic N) is 3. The average Bonchev–Trinajstić information content (AvgIpc) is 3.16. The Kier molecular flexibility index (Phi) is 4.08. The zero-order chi connectivity index (χ0) is 19.3. The second-order valence-electron chi connectivity index (χ2n) is 6.54. The Morgan fingerprint density at radius 2 is 1.74 bits per heavy atom. The average molecular weight is 382 g/mol. The lowest BCUT2D eigenvalue weighted by molar-refractivity contribution is -0.122. The molecule has 2 aliphatic rings. The van der Waals surface area contributed by atoms with Crippen LogP contribution in [0.4, 0.5) is 11.4 Å². The van der Waals surface area contributed by atoms with E-state index in [-0.39, 0.29) is 11.5 Å². The molecule has 0 N–H and O–H groups in total. The molecule has 2 aliphatic heterocycles. The van der Waals surface area contributed by atoms with Crippen LogP contribution in [0, 0.1) is 12.8 Å². The Morgan fingerprint density at radius 3 is 2.41 bits per heavy atom. The third-order valence-corrected chi connectivity index (χ3v) is 5.32. The predicted octanol–water partition coefficient (Wildman–Crippen LogP) is 2.97. The third-order valence-electron chi connectivity index (χ3n) is 4.91. The highest BCUT2D eigenvalue weighted by atomic mass is 35.5. The molecule has 0 bridgehead atoms. The van der Waals surface area contributed by atoms with Gasteiger partial charge in [0.05, 0.1) is 11.4 Å². The van der Waals surface area contributed by atoms with Crippen molar-refractivity contribution in [3.8, 4) is 0 Å². The van der Waals surface area contributed by atoms with E-state index in [9.17, 15) is 14.4 Å². The summed E-state index contributed by atoms with van der Waals surface area (Å²) in [5.74, 6) is -2.12. The number of imide groups is 1. The van der Waals surface area contributed by atoms with E-state index in [0.717, 1.165) is 4.90 Å². The van der Waals surface area contributed by atoms with Crippen LogP contribution in [-0.2, 0) is 14.4 Å². The molecular formula is C20H16ClN3O3. The molecule has 0 radical (unpaired) electrons. The number of Topliss-reactive ketones (excluding diaryl/α,β-unsaturated/α-hetero) is 1. The lowest BCUT2D eigenvalue weighted by atomic mass is 9.95. The zero-order valence-corrected chi connectivity index (χ0v) is 15.5. The number of anilines is 2. The third kappa shape index (κ3) is 2.56. The van der Waals surface area contributed by atoms with E-state index in [0.29, 0.717) is 22.0 Å². The number of fused-ring (bicyclic) bond motifs is 1. The van der Waals surface area contributed by atoms with Crippen LogP contribution in [0.3, 0.4) is 0 Å². The molecule has 2 atom stereocenters. The minimum absolute atomic E-state index is 0.101. The number of para-hydroxylation sites is 1. The fourth-order valence-electron chi connectivity index (χ4n) is 3.57. The highest BCUT2D eigenvalue weighted by molar-refractivity contribution is 6.49. The van der Waals surface area contributed by atoms with Crippen LogP contribution in [0.1, 0.15) is 12.5 Å². The van der Waals surface area contributed by atoms with Crippen LogP contribution in [0.5, 0.6) is 0 Å². The topological polar surface area (TPSA) is 70.1 Å². The molecule has 0 aromatic heterocycles. The van der Waals surface area contributed by atoms with E-state index in [4.69, 9.17) is 11.6 Å². The van der Waals surface area contributed by atoms with E-state index >= 15 is 0 Å². The van der Waals surface area contributed by atoms with Gasteiger partial charge in [-0.25, -0.2) is 4.90 Å². The van der Waals surface area contributed by atoms with Gasteiger partial charge in [-0.3, -0.25) is 19.4 Å². The normalized spacial score (nSPS) is 21.5. The molecule has 1 saturated heterocycles. The number of carbonyl (C=O) groups is 3. The number of halogens is 1. The summed E-state index contributed by atoms with van der Waals surface area (Å²) in [7, 11) is 0. The maximum Gasteiger partial charge on any atom is 0.259 e. The van der Waals surface area contributed by atoms with Crippen molar-refractivity contribution in [2.24, 2.45) is 11.0 Å². The van der Waals surface area contributed by atoms with Crippen LogP contribution >= 0.6 is 11.6 Å². The molecule has 0 saturated carbocycles. The predicted molar refractivity (Wildman–Crippen MR) is 103 cm³/mol. The van der Waals surface area contributed by atoms with Crippen LogP contribution in [0.15, 0.2) is 53.6 Å². The Labute approximate surface area is 161 Å². The first-order valence-corrected chi connectivity index (χ1v) is 8.86. The van der Waals surface area contributed by atoms with Crippen LogP contribution < -0.4 is 9.91 Å². The molecule has 136 valence electrons. The maximum absolute atomic E-state index is 13.2. The van der Waals surface area contributed by atoms with E-state index in [1.165, 1.54) is 11.9 Å². The number of carbonyl (C=O) groups excluding carboxylic acids is 3. The molecule has 2 aromatic rings. The van der Waals surface area contributed by atoms with E-state index in [1.807, 2.05) is 18.2 Å². The number of hydrogen-bond acceptors (Lipinski definition) is 5. The molecule has 0 aliphatic carbocycles. The first kappa shape index (κ1) is 17.4. The van der Waals surface area contributed by atoms with Gasteiger partial charge < -0.3 is 0 Å². The van der Waals surface area contributed by atoms with Gasteiger partial charge in [0, 0.05) is 11.9 Å². The monoisotopic (exact) mass is 381 g/mol. The number of ketones is 1. The molecule has 2 aromatic carbocycles. The molecule has 4 rings (SSSR count). The van der Waals surface area contributed by atoms with Gasteiger partial charge in [0.25, 0.3) is 5.91 Å². The largest absolute Gasteiger partial charge is 0.293 e. The van der Waals surface area contributed by atoms with Gasteiger partial charge in [0.1, 0.15) is 17.7 Å². The van der Waals surface area contributed by atoms with Gasteiger partial charge in [-0.05, 0) is 36.8 Å². The smallest absolute Gasteiger partial charge is 0.259 e. The summed E-state index contributed by atoms with van der Waals surface area (Å²) in [5, 5.41) is 6.25. The fraction of sp³-hybridized carbons (Fsp3) is 0.200. The minimum atomic E-state index is -0.923. The Hall–Kier alpha value is -2.99. The van der Waals surface area contributed by atoms with Gasteiger partial charge in [-0.1, -0.05) is 35.9 Å². The quantitative estimate of drug-likeness (QED) is 0.766. The van der Waals surface area contributed by atoms with Gasteiger partial charge in [0.2, 0.25) is 5.91 Å². The van der Waals surface area contributed by atoms with Crippen molar-refractivity contribution in [2.75, 3.05) is 9.91 Å². The molecule has 0 spiro atoms. The molecular weight excluding hydrogens is 366 g/mol. The summed E-state index contributed by atoms with van der Waals surface area (Å²) < 4.78 is 0. The Balaban J connectivity index is 1.84. The lowest BCUT2D eigenvalue weighted by Crippen LogP contribution is -2.39. The van der Waals surface area contributed by atoms with Crippen molar-refractivity contribution in [3.05, 3.63) is 59.1 Å². The van der Waals surface area contributed by atoms with Crippen molar-refractivity contribution in [1.82, 2.24) is 0 Å². The first-order valence-electron chi connectivity index (χ1n) is 8.48. The Morgan fingerprint density at radius 1 is 1.04 bits per heavy atom. The number of hydrogen-bond donors (Lipinski definition) is 0. The standard InChI is InChI=1S/C20H16ClN3O3/c1-11-14(21)9-6-10-15(11)23-19(26)16-17(12(2)25)22-24(18(16)20(23)27)13-7-4-3-5-8-13/h3-10,16,18H,1-2H3. The fourth-order valence-corrected chi connectivity index (χ4v) is 3.74. The zero-order valence-electron chi connectivity index (χ0n) is 14.7. The van der Waals surface area contributed by atoms with E-state index in [2.05, 4.69) is 5.10 Å². The van der Waals surface area contributed by atoms with Crippen LogP contribution in [0.2, 0.25) is 5.02 Å². The van der Waals surface area contributed by atoms with Crippen molar-refractivity contribution in [1.29, 1.82) is 0 Å². The van der Waals surface area contributed by atoms with Crippen LogP contribution in [0.25, 0.3) is 0 Å². The first-order chi connectivity index (χ1) is 12.9. The highest BCUT2D eigenvalue weighted by Crippen LogP contribution is 2.39. The molecule has 6 nitrogen and oxygen atoms in total. The van der Waals surface area contributed by atoms with Gasteiger partial charge in [0.15, 0.2) is 5.78 Å². The number of benzene rings is 2. The molecule has 7 heteroatoms.